The minimum atomic E-state index is 0.457. The zero-order valence-corrected chi connectivity index (χ0v) is 15.1. The lowest BCUT2D eigenvalue weighted by Crippen LogP contribution is -2.46. The summed E-state index contributed by atoms with van der Waals surface area (Å²) < 4.78 is 2.07. The normalized spacial score (nSPS) is 15.2. The van der Waals surface area contributed by atoms with Crippen LogP contribution >= 0.6 is 11.6 Å². The Balaban J connectivity index is 1.51. The third-order valence-corrected chi connectivity index (χ3v) is 5.19. The summed E-state index contributed by atoms with van der Waals surface area (Å²) in [6, 6.07) is 14.6. The van der Waals surface area contributed by atoms with E-state index in [1.54, 1.807) is 0 Å². The van der Waals surface area contributed by atoms with Crippen LogP contribution < -0.4 is 15.5 Å². The molecule has 3 aromatic rings. The maximum absolute atomic E-state index is 6.12. The first-order chi connectivity index (χ1) is 12.2. The largest absolute Gasteiger partial charge is 0.368 e. The van der Waals surface area contributed by atoms with E-state index in [1.807, 2.05) is 25.2 Å². The molecule has 0 atom stereocenters. The molecule has 25 heavy (non-hydrogen) atoms. The fourth-order valence-electron chi connectivity index (χ4n) is 3.51. The van der Waals surface area contributed by atoms with Crippen LogP contribution in [0.25, 0.3) is 11.0 Å². The molecule has 4 rings (SSSR count). The van der Waals surface area contributed by atoms with Gasteiger partial charge in [-0.2, -0.15) is 0 Å². The van der Waals surface area contributed by atoms with E-state index < -0.39 is 0 Å². The number of aromatic nitrogens is 2. The van der Waals surface area contributed by atoms with E-state index in [0.29, 0.717) is 6.54 Å². The van der Waals surface area contributed by atoms with Gasteiger partial charge >= 0.3 is 0 Å². The van der Waals surface area contributed by atoms with Gasteiger partial charge in [-0.3, -0.25) is 0 Å². The second-order valence-electron chi connectivity index (χ2n) is 6.42. The molecule has 0 spiro atoms. The number of piperazine rings is 1. The molecular weight excluding hydrogens is 334 g/mol. The number of rotatable bonds is 3. The molecule has 0 unspecified atom stereocenters. The summed E-state index contributed by atoms with van der Waals surface area (Å²) in [4.78, 5) is 9.44. The maximum Gasteiger partial charge on any atom is 0.123 e. The molecule has 2 N–H and O–H groups in total. The molecule has 1 aromatic heterocycles. The predicted molar refractivity (Wildman–Crippen MR) is 104 cm³/mol. The highest BCUT2D eigenvalue weighted by atomic mass is 35.5. The van der Waals surface area contributed by atoms with Crippen molar-refractivity contribution in [1.82, 2.24) is 9.55 Å². The zero-order chi connectivity index (χ0) is 17.4. The number of hydrogen-bond acceptors (Lipinski definition) is 4. The van der Waals surface area contributed by atoms with Crippen LogP contribution in [0.15, 0.2) is 42.5 Å². The summed E-state index contributed by atoms with van der Waals surface area (Å²) in [6.07, 6.45) is 0. The maximum atomic E-state index is 6.12. The zero-order valence-electron chi connectivity index (χ0n) is 14.3. The molecule has 0 bridgehead atoms. The molecule has 6 heteroatoms. The molecule has 1 aliphatic heterocycles. The first-order valence-corrected chi connectivity index (χ1v) is 8.94. The Morgan fingerprint density at radius 3 is 2.32 bits per heavy atom. The lowest BCUT2D eigenvalue weighted by molar-refractivity contribution is 0.654. The van der Waals surface area contributed by atoms with Crippen molar-refractivity contribution in [1.29, 1.82) is 0 Å². The number of benzene rings is 2. The standard InChI is InChI=1S/C19H22ClN5/c1-23-18-6-5-16(12-17(18)22-19(23)13-21)25-9-7-24(8-10-25)15-4-2-3-14(20)11-15/h2-6,11-12H,7-10,13,21H2,1H3. The molecule has 1 saturated heterocycles. The van der Waals surface area contributed by atoms with Gasteiger partial charge in [-0.15, -0.1) is 0 Å². The highest BCUT2D eigenvalue weighted by molar-refractivity contribution is 6.30. The van der Waals surface area contributed by atoms with Crippen molar-refractivity contribution < 1.29 is 0 Å². The number of fused-ring (bicyclic) bond motifs is 1. The molecule has 1 aliphatic rings. The highest BCUT2D eigenvalue weighted by Crippen LogP contribution is 2.25. The van der Waals surface area contributed by atoms with Crippen molar-refractivity contribution >= 4 is 34.0 Å². The smallest absolute Gasteiger partial charge is 0.123 e. The van der Waals surface area contributed by atoms with E-state index in [-0.39, 0.29) is 0 Å². The fraction of sp³-hybridized carbons (Fsp3) is 0.316. The third kappa shape index (κ3) is 3.05. The van der Waals surface area contributed by atoms with Crippen LogP contribution in [-0.2, 0) is 13.6 Å². The van der Waals surface area contributed by atoms with Crippen molar-refractivity contribution in [2.24, 2.45) is 12.8 Å². The van der Waals surface area contributed by atoms with E-state index in [4.69, 9.17) is 17.3 Å². The SMILES string of the molecule is Cn1c(CN)nc2cc(N3CCN(c4cccc(Cl)c4)CC3)ccc21. The molecule has 2 heterocycles. The van der Waals surface area contributed by atoms with Gasteiger partial charge in [0.05, 0.1) is 17.6 Å². The Labute approximate surface area is 152 Å². The second kappa shape index (κ2) is 6.58. The quantitative estimate of drug-likeness (QED) is 0.784. The molecule has 2 aromatic carbocycles. The van der Waals surface area contributed by atoms with E-state index in [9.17, 15) is 0 Å². The molecule has 0 aliphatic carbocycles. The van der Waals surface area contributed by atoms with Crippen LogP contribution in [0.2, 0.25) is 5.02 Å². The Morgan fingerprint density at radius 2 is 1.68 bits per heavy atom. The summed E-state index contributed by atoms with van der Waals surface area (Å²) in [5, 5.41) is 0.788. The molecule has 5 nitrogen and oxygen atoms in total. The van der Waals surface area contributed by atoms with Crippen molar-refractivity contribution in [2.75, 3.05) is 36.0 Å². The Bertz CT molecular complexity index is 896. The van der Waals surface area contributed by atoms with Gasteiger partial charge in [0.1, 0.15) is 5.82 Å². The van der Waals surface area contributed by atoms with Gasteiger partial charge in [0.15, 0.2) is 0 Å². The second-order valence-corrected chi connectivity index (χ2v) is 6.85. The summed E-state index contributed by atoms with van der Waals surface area (Å²) in [6.45, 7) is 4.38. The molecule has 130 valence electrons. The highest BCUT2D eigenvalue weighted by Gasteiger charge is 2.18. The molecular formula is C19H22ClN5. The van der Waals surface area contributed by atoms with E-state index >= 15 is 0 Å². The average molecular weight is 356 g/mol. The number of nitrogens with two attached hydrogens (primary N) is 1. The van der Waals surface area contributed by atoms with Crippen LogP contribution in [0.1, 0.15) is 5.82 Å². The minimum absolute atomic E-state index is 0.457. The first kappa shape index (κ1) is 16.2. The van der Waals surface area contributed by atoms with Gasteiger partial charge in [0, 0.05) is 49.6 Å². The van der Waals surface area contributed by atoms with Gasteiger partial charge in [0.2, 0.25) is 0 Å². The van der Waals surface area contributed by atoms with Gasteiger partial charge in [-0.05, 0) is 36.4 Å². The Morgan fingerprint density at radius 1 is 1.00 bits per heavy atom. The number of aryl methyl sites for hydroxylation is 1. The lowest BCUT2D eigenvalue weighted by atomic mass is 10.2. The van der Waals surface area contributed by atoms with Crippen LogP contribution in [0.5, 0.6) is 0 Å². The number of anilines is 2. The van der Waals surface area contributed by atoms with Crippen molar-refractivity contribution in [2.45, 2.75) is 6.54 Å². The first-order valence-electron chi connectivity index (χ1n) is 8.56. The van der Waals surface area contributed by atoms with Crippen LogP contribution in [0.3, 0.4) is 0 Å². The van der Waals surface area contributed by atoms with Gasteiger partial charge in [-0.25, -0.2) is 4.98 Å². The molecule has 1 fully saturated rings. The Hall–Kier alpha value is -2.24. The van der Waals surface area contributed by atoms with Crippen LogP contribution in [-0.4, -0.2) is 35.7 Å². The number of nitrogens with zero attached hydrogens (tertiary/aromatic N) is 4. The van der Waals surface area contributed by atoms with Crippen molar-refractivity contribution in [3.8, 4) is 0 Å². The lowest BCUT2D eigenvalue weighted by Gasteiger charge is -2.37. The van der Waals surface area contributed by atoms with Crippen LogP contribution in [0.4, 0.5) is 11.4 Å². The van der Waals surface area contributed by atoms with E-state index in [2.05, 4.69) is 43.6 Å². The average Bonchev–Trinajstić information content (AvgIpc) is 2.97. The minimum Gasteiger partial charge on any atom is -0.368 e. The summed E-state index contributed by atoms with van der Waals surface area (Å²) >= 11 is 6.12. The number of hydrogen-bond donors (Lipinski definition) is 1. The van der Waals surface area contributed by atoms with E-state index in [0.717, 1.165) is 48.1 Å². The summed E-state index contributed by atoms with van der Waals surface area (Å²) in [5.74, 6) is 0.915. The Kier molecular flexibility index (Phi) is 4.27. The van der Waals surface area contributed by atoms with Crippen molar-refractivity contribution in [3.63, 3.8) is 0 Å². The van der Waals surface area contributed by atoms with Crippen LogP contribution in [0, 0.1) is 0 Å². The summed E-state index contributed by atoms with van der Waals surface area (Å²) in [7, 11) is 2.01. The monoisotopic (exact) mass is 355 g/mol. The molecule has 0 saturated carbocycles. The predicted octanol–water partition coefficient (Wildman–Crippen LogP) is 3.01. The molecule has 0 amide bonds. The van der Waals surface area contributed by atoms with Gasteiger partial charge in [-0.1, -0.05) is 17.7 Å². The fourth-order valence-corrected chi connectivity index (χ4v) is 3.70. The van der Waals surface area contributed by atoms with Gasteiger partial charge < -0.3 is 20.1 Å². The van der Waals surface area contributed by atoms with E-state index in [1.165, 1.54) is 11.4 Å². The topological polar surface area (TPSA) is 50.3 Å². The molecule has 0 radical (unpaired) electrons. The van der Waals surface area contributed by atoms with Gasteiger partial charge in [0.25, 0.3) is 0 Å². The van der Waals surface area contributed by atoms with Crippen molar-refractivity contribution in [3.05, 3.63) is 53.3 Å². The summed E-state index contributed by atoms with van der Waals surface area (Å²) in [5.41, 5.74) is 10.3. The third-order valence-electron chi connectivity index (χ3n) is 4.96. The number of imidazole rings is 1. The number of halogens is 1.